The predicted molar refractivity (Wildman–Crippen MR) is 75.2 cm³/mol. The van der Waals surface area contributed by atoms with E-state index < -0.39 is 0 Å². The Hall–Kier alpha value is -0.220. The molecule has 1 saturated carbocycles. The van der Waals surface area contributed by atoms with Gasteiger partial charge in [0.1, 0.15) is 0 Å². The summed E-state index contributed by atoms with van der Waals surface area (Å²) in [4.78, 5) is 11.7. The van der Waals surface area contributed by atoms with Crippen LogP contribution in [0.5, 0.6) is 0 Å². The van der Waals surface area contributed by atoms with Crippen LogP contribution in [0.3, 0.4) is 0 Å². The molecule has 0 aliphatic heterocycles. The van der Waals surface area contributed by atoms with Crippen molar-refractivity contribution in [3.05, 3.63) is 0 Å². The van der Waals surface area contributed by atoms with Gasteiger partial charge < -0.3 is 11.1 Å². The van der Waals surface area contributed by atoms with Crippen molar-refractivity contribution in [3.63, 3.8) is 0 Å². The van der Waals surface area contributed by atoms with E-state index in [9.17, 15) is 4.79 Å². The smallest absolute Gasteiger partial charge is 0.220 e. The maximum absolute atomic E-state index is 11.7. The molecule has 4 heteroatoms. The molecule has 3 nitrogen and oxygen atoms in total. The number of amides is 1. The van der Waals surface area contributed by atoms with Crippen LogP contribution in [0, 0.1) is 5.92 Å². The number of carbonyl (C=O) groups is 1. The molecule has 0 bridgehead atoms. The lowest BCUT2D eigenvalue weighted by molar-refractivity contribution is -0.122. The first kappa shape index (κ1) is 14.8. The van der Waals surface area contributed by atoms with Crippen LogP contribution in [0.2, 0.25) is 0 Å². The Morgan fingerprint density at radius 1 is 1.53 bits per heavy atom. The maximum atomic E-state index is 11.7. The molecular weight excluding hydrogens is 232 g/mol. The highest BCUT2D eigenvalue weighted by atomic mass is 32.2. The van der Waals surface area contributed by atoms with E-state index in [1.807, 2.05) is 11.8 Å². The zero-order valence-corrected chi connectivity index (χ0v) is 11.9. The Morgan fingerprint density at radius 2 is 2.29 bits per heavy atom. The van der Waals surface area contributed by atoms with Crippen LogP contribution in [0.1, 0.15) is 46.0 Å². The molecule has 1 aliphatic carbocycles. The van der Waals surface area contributed by atoms with E-state index in [-0.39, 0.29) is 5.91 Å². The Labute approximate surface area is 109 Å². The van der Waals surface area contributed by atoms with Crippen LogP contribution >= 0.6 is 11.8 Å². The second-order valence-corrected chi connectivity index (χ2v) is 6.61. The maximum Gasteiger partial charge on any atom is 0.220 e. The summed E-state index contributed by atoms with van der Waals surface area (Å²) >= 11 is 2.02. The van der Waals surface area contributed by atoms with E-state index in [2.05, 4.69) is 19.2 Å². The monoisotopic (exact) mass is 258 g/mol. The van der Waals surface area contributed by atoms with Crippen molar-refractivity contribution in [1.29, 1.82) is 0 Å². The molecule has 0 saturated heterocycles. The van der Waals surface area contributed by atoms with E-state index in [1.165, 1.54) is 12.2 Å². The van der Waals surface area contributed by atoms with Crippen LogP contribution < -0.4 is 11.1 Å². The standard InChI is InChI=1S/C13H26N2OS/c1-3-17-12-6-5-11(8-12)15-13(16)7-4-10(2)9-14/h10-12H,3-9,14H2,1-2H3,(H,15,16). The number of thioether (sulfide) groups is 1. The lowest BCUT2D eigenvalue weighted by Crippen LogP contribution is -2.33. The van der Waals surface area contributed by atoms with Crippen molar-refractivity contribution in [2.75, 3.05) is 12.3 Å². The normalized spacial score (nSPS) is 25.8. The van der Waals surface area contributed by atoms with Crippen molar-refractivity contribution in [1.82, 2.24) is 5.32 Å². The van der Waals surface area contributed by atoms with Gasteiger partial charge in [0, 0.05) is 17.7 Å². The Balaban J connectivity index is 2.15. The Bertz CT molecular complexity index is 235. The Morgan fingerprint density at radius 3 is 2.94 bits per heavy atom. The minimum atomic E-state index is 0.206. The second-order valence-electron chi connectivity index (χ2n) is 5.03. The summed E-state index contributed by atoms with van der Waals surface area (Å²) in [7, 11) is 0. The SMILES string of the molecule is CCSC1CCC(NC(=O)CCC(C)CN)C1. The second kappa shape index (κ2) is 7.98. The minimum Gasteiger partial charge on any atom is -0.353 e. The molecule has 1 fully saturated rings. The summed E-state index contributed by atoms with van der Waals surface area (Å²) < 4.78 is 0. The van der Waals surface area contributed by atoms with Gasteiger partial charge in [-0.15, -0.1) is 0 Å². The van der Waals surface area contributed by atoms with Gasteiger partial charge in [0.05, 0.1) is 0 Å². The average molecular weight is 258 g/mol. The van der Waals surface area contributed by atoms with Crippen molar-refractivity contribution >= 4 is 17.7 Å². The van der Waals surface area contributed by atoms with Crippen LogP contribution in [0.15, 0.2) is 0 Å². The third-order valence-electron chi connectivity index (χ3n) is 3.42. The molecule has 0 heterocycles. The van der Waals surface area contributed by atoms with Gasteiger partial charge >= 0.3 is 0 Å². The molecule has 1 amide bonds. The number of carbonyl (C=O) groups excluding carboxylic acids is 1. The van der Waals surface area contributed by atoms with Crippen molar-refractivity contribution < 1.29 is 4.79 Å². The molecule has 1 rings (SSSR count). The van der Waals surface area contributed by atoms with Gasteiger partial charge in [0.15, 0.2) is 0 Å². The number of hydrogen-bond donors (Lipinski definition) is 2. The molecule has 0 radical (unpaired) electrons. The first-order chi connectivity index (χ1) is 8.15. The number of hydrogen-bond acceptors (Lipinski definition) is 3. The number of rotatable bonds is 7. The summed E-state index contributed by atoms with van der Waals surface area (Å²) in [5.74, 6) is 1.84. The highest BCUT2D eigenvalue weighted by Crippen LogP contribution is 2.29. The lowest BCUT2D eigenvalue weighted by atomic mass is 10.1. The number of nitrogens with one attached hydrogen (secondary N) is 1. The van der Waals surface area contributed by atoms with Gasteiger partial charge in [-0.3, -0.25) is 4.79 Å². The predicted octanol–water partition coefficient (Wildman–Crippen LogP) is 2.15. The third-order valence-corrected chi connectivity index (χ3v) is 4.65. The highest BCUT2D eigenvalue weighted by Gasteiger charge is 2.25. The quantitative estimate of drug-likeness (QED) is 0.735. The van der Waals surface area contributed by atoms with Crippen LogP contribution in [-0.4, -0.2) is 29.5 Å². The fourth-order valence-electron chi connectivity index (χ4n) is 2.25. The van der Waals surface area contributed by atoms with Gasteiger partial charge in [0.25, 0.3) is 0 Å². The van der Waals surface area contributed by atoms with Crippen LogP contribution in [0.4, 0.5) is 0 Å². The first-order valence-corrected chi connectivity index (χ1v) is 7.81. The topological polar surface area (TPSA) is 55.1 Å². The average Bonchev–Trinajstić information content (AvgIpc) is 2.74. The molecule has 100 valence electrons. The zero-order chi connectivity index (χ0) is 12.7. The molecular formula is C13H26N2OS. The summed E-state index contributed by atoms with van der Waals surface area (Å²) in [6.45, 7) is 4.97. The Kier molecular flexibility index (Phi) is 6.97. The summed E-state index contributed by atoms with van der Waals surface area (Å²) in [5, 5.41) is 3.91. The van der Waals surface area contributed by atoms with Crippen molar-refractivity contribution in [2.24, 2.45) is 11.7 Å². The summed E-state index contributed by atoms with van der Waals surface area (Å²) in [6.07, 6.45) is 5.08. The van der Waals surface area contributed by atoms with Gasteiger partial charge in [-0.25, -0.2) is 0 Å². The third kappa shape index (κ3) is 5.77. The molecule has 3 unspecified atom stereocenters. The molecule has 3 N–H and O–H groups in total. The van der Waals surface area contributed by atoms with E-state index in [0.717, 1.165) is 24.5 Å². The van der Waals surface area contributed by atoms with Crippen LogP contribution in [0.25, 0.3) is 0 Å². The minimum absolute atomic E-state index is 0.206. The summed E-state index contributed by atoms with van der Waals surface area (Å²) in [6, 6.07) is 0.416. The van der Waals surface area contributed by atoms with Gasteiger partial charge in [-0.05, 0) is 43.9 Å². The van der Waals surface area contributed by atoms with Crippen molar-refractivity contribution in [2.45, 2.75) is 57.2 Å². The first-order valence-electron chi connectivity index (χ1n) is 6.76. The molecule has 3 atom stereocenters. The van der Waals surface area contributed by atoms with Gasteiger partial charge in [-0.1, -0.05) is 13.8 Å². The van der Waals surface area contributed by atoms with Gasteiger partial charge in [-0.2, -0.15) is 11.8 Å². The number of nitrogens with two attached hydrogens (primary N) is 1. The summed E-state index contributed by atoms with van der Waals surface area (Å²) in [5.41, 5.74) is 5.54. The van der Waals surface area contributed by atoms with Crippen molar-refractivity contribution in [3.8, 4) is 0 Å². The molecule has 17 heavy (non-hydrogen) atoms. The zero-order valence-electron chi connectivity index (χ0n) is 11.1. The highest BCUT2D eigenvalue weighted by molar-refractivity contribution is 7.99. The fourth-order valence-corrected chi connectivity index (χ4v) is 3.40. The van der Waals surface area contributed by atoms with E-state index >= 15 is 0 Å². The van der Waals surface area contributed by atoms with Gasteiger partial charge in [0.2, 0.25) is 5.91 Å². The molecule has 0 aromatic rings. The fraction of sp³-hybridized carbons (Fsp3) is 0.923. The van der Waals surface area contributed by atoms with E-state index in [1.54, 1.807) is 0 Å². The molecule has 0 aromatic heterocycles. The molecule has 0 spiro atoms. The van der Waals surface area contributed by atoms with E-state index in [0.29, 0.717) is 24.9 Å². The lowest BCUT2D eigenvalue weighted by Gasteiger charge is -2.14. The molecule has 1 aliphatic rings. The largest absolute Gasteiger partial charge is 0.353 e. The van der Waals surface area contributed by atoms with E-state index in [4.69, 9.17) is 5.73 Å². The molecule has 0 aromatic carbocycles. The van der Waals surface area contributed by atoms with Crippen LogP contribution in [-0.2, 0) is 4.79 Å².